The molecule has 0 saturated carbocycles. The lowest BCUT2D eigenvalue weighted by Gasteiger charge is -2.12. The second-order valence-electron chi connectivity index (χ2n) is 5.73. The average Bonchev–Trinajstić information content (AvgIpc) is 3.36. The molecule has 0 fully saturated rings. The molecule has 0 spiro atoms. The Labute approximate surface area is 159 Å². The van der Waals surface area contributed by atoms with Gasteiger partial charge < -0.3 is 19.5 Å². The van der Waals surface area contributed by atoms with E-state index in [1.54, 1.807) is 22.8 Å². The number of carbonyl (C=O) groups excluding carboxylic acids is 1. The number of nitrogens with zero attached hydrogens (tertiary/aromatic N) is 3. The van der Waals surface area contributed by atoms with E-state index in [0.717, 1.165) is 5.56 Å². The van der Waals surface area contributed by atoms with Crippen molar-refractivity contribution in [3.8, 4) is 22.9 Å². The number of hydrogen-bond donors (Lipinski definition) is 1. The highest BCUT2D eigenvalue weighted by atomic mass is 35.5. The van der Waals surface area contributed by atoms with Crippen molar-refractivity contribution in [3.05, 3.63) is 59.6 Å². The van der Waals surface area contributed by atoms with Crippen molar-refractivity contribution in [2.24, 2.45) is 0 Å². The van der Waals surface area contributed by atoms with Crippen LogP contribution in [0.4, 0.5) is 0 Å². The summed E-state index contributed by atoms with van der Waals surface area (Å²) in [4.78, 5) is 12.1. The number of hydrogen-bond acceptors (Lipinski definition) is 6. The number of benzene rings is 2. The second-order valence-corrected chi connectivity index (χ2v) is 6.17. The molecule has 0 saturated heterocycles. The lowest BCUT2D eigenvalue weighted by molar-refractivity contribution is -0.123. The van der Waals surface area contributed by atoms with E-state index in [-0.39, 0.29) is 19.3 Å². The average molecular weight is 387 g/mol. The molecular formula is C18H15ClN4O4. The third kappa shape index (κ3) is 3.95. The predicted octanol–water partition coefficient (Wildman–Crippen LogP) is 2.34. The molecule has 0 bridgehead atoms. The minimum atomic E-state index is -0.252. The number of amides is 1. The van der Waals surface area contributed by atoms with E-state index in [4.69, 9.17) is 25.8 Å². The van der Waals surface area contributed by atoms with E-state index in [9.17, 15) is 4.79 Å². The van der Waals surface area contributed by atoms with Crippen LogP contribution in [0.1, 0.15) is 5.56 Å². The Kier molecular flexibility index (Phi) is 4.80. The molecule has 1 aromatic heterocycles. The van der Waals surface area contributed by atoms with E-state index >= 15 is 0 Å². The van der Waals surface area contributed by atoms with Gasteiger partial charge in [0.1, 0.15) is 18.4 Å². The molecule has 0 atom stereocenters. The number of halogens is 1. The van der Waals surface area contributed by atoms with Crippen LogP contribution in [0.15, 0.2) is 49.1 Å². The summed E-state index contributed by atoms with van der Waals surface area (Å²) < 4.78 is 17.9. The zero-order valence-electron chi connectivity index (χ0n) is 14.1. The lowest BCUT2D eigenvalue weighted by atomic mass is 10.2. The summed E-state index contributed by atoms with van der Waals surface area (Å²) >= 11 is 6.05. The van der Waals surface area contributed by atoms with Crippen LogP contribution in [0, 0.1) is 0 Å². The van der Waals surface area contributed by atoms with Crippen LogP contribution in [-0.2, 0) is 11.3 Å². The minimum Gasteiger partial charge on any atom is -0.482 e. The highest BCUT2D eigenvalue weighted by Gasteiger charge is 2.14. The molecule has 0 aliphatic carbocycles. The lowest BCUT2D eigenvalue weighted by Crippen LogP contribution is -2.28. The third-order valence-electron chi connectivity index (χ3n) is 3.90. The van der Waals surface area contributed by atoms with Gasteiger partial charge in [-0.3, -0.25) is 9.36 Å². The van der Waals surface area contributed by atoms with Crippen molar-refractivity contribution in [3.63, 3.8) is 0 Å². The van der Waals surface area contributed by atoms with Gasteiger partial charge in [0.2, 0.25) is 6.79 Å². The minimum absolute atomic E-state index is 0.138. The summed E-state index contributed by atoms with van der Waals surface area (Å²) in [7, 11) is 0. The third-order valence-corrected chi connectivity index (χ3v) is 4.14. The van der Waals surface area contributed by atoms with E-state index in [0.29, 0.717) is 34.5 Å². The smallest absolute Gasteiger partial charge is 0.258 e. The van der Waals surface area contributed by atoms with Crippen LogP contribution < -0.4 is 19.5 Å². The molecule has 1 N–H and O–H groups in total. The summed E-state index contributed by atoms with van der Waals surface area (Å²) in [5.41, 5.74) is 1.56. The van der Waals surface area contributed by atoms with E-state index < -0.39 is 0 Å². The van der Waals surface area contributed by atoms with Crippen molar-refractivity contribution in [1.82, 2.24) is 20.1 Å². The maximum atomic E-state index is 12.1. The number of fused-ring (bicyclic) bond motifs is 1. The van der Waals surface area contributed by atoms with Gasteiger partial charge in [0.15, 0.2) is 18.1 Å². The zero-order valence-corrected chi connectivity index (χ0v) is 14.8. The molecular weight excluding hydrogens is 372 g/mol. The van der Waals surface area contributed by atoms with Gasteiger partial charge in [-0.1, -0.05) is 17.7 Å². The number of ether oxygens (including phenoxy) is 3. The molecule has 0 radical (unpaired) electrons. The highest BCUT2D eigenvalue weighted by Crippen LogP contribution is 2.32. The summed E-state index contributed by atoms with van der Waals surface area (Å²) in [5, 5.41) is 10.9. The fourth-order valence-corrected chi connectivity index (χ4v) is 2.75. The first-order valence-corrected chi connectivity index (χ1v) is 8.49. The molecule has 1 aliphatic rings. The Morgan fingerprint density at radius 2 is 1.96 bits per heavy atom. The largest absolute Gasteiger partial charge is 0.482 e. The summed E-state index contributed by atoms with van der Waals surface area (Å²) in [6.45, 7) is 0.438. The first kappa shape index (κ1) is 17.2. The van der Waals surface area contributed by atoms with Gasteiger partial charge in [0.05, 0.1) is 5.69 Å². The predicted molar refractivity (Wildman–Crippen MR) is 96.3 cm³/mol. The summed E-state index contributed by atoms with van der Waals surface area (Å²) in [5.74, 6) is 1.63. The van der Waals surface area contributed by atoms with Crippen molar-refractivity contribution in [2.75, 3.05) is 13.4 Å². The fraction of sp³-hybridized carbons (Fsp3) is 0.167. The molecule has 1 amide bonds. The van der Waals surface area contributed by atoms with Crippen LogP contribution in [0.25, 0.3) is 5.69 Å². The monoisotopic (exact) mass is 386 g/mol. The Morgan fingerprint density at radius 3 is 2.81 bits per heavy atom. The highest BCUT2D eigenvalue weighted by molar-refractivity contribution is 6.30. The first-order valence-electron chi connectivity index (χ1n) is 8.11. The van der Waals surface area contributed by atoms with Gasteiger partial charge in [-0.2, -0.15) is 0 Å². The number of rotatable bonds is 6. The van der Waals surface area contributed by atoms with Crippen molar-refractivity contribution in [1.29, 1.82) is 0 Å². The van der Waals surface area contributed by atoms with Crippen LogP contribution in [-0.4, -0.2) is 34.1 Å². The molecule has 3 aromatic rings. The summed E-state index contributed by atoms with van der Waals surface area (Å²) in [6.07, 6.45) is 3.05. The van der Waals surface area contributed by atoms with E-state index in [2.05, 4.69) is 15.5 Å². The SMILES string of the molecule is O=C(COc1ccc(Cl)cc1-n1cnnc1)NCc1ccc2c(c1)OCO2. The molecule has 27 heavy (non-hydrogen) atoms. The number of carbonyl (C=O) groups is 1. The summed E-state index contributed by atoms with van der Waals surface area (Å²) in [6, 6.07) is 10.6. The first-order chi connectivity index (χ1) is 13.2. The van der Waals surface area contributed by atoms with Gasteiger partial charge in [0, 0.05) is 11.6 Å². The van der Waals surface area contributed by atoms with Crippen molar-refractivity contribution >= 4 is 17.5 Å². The Bertz CT molecular complexity index is 962. The number of aromatic nitrogens is 3. The van der Waals surface area contributed by atoms with Gasteiger partial charge in [-0.15, -0.1) is 10.2 Å². The quantitative estimate of drug-likeness (QED) is 0.699. The van der Waals surface area contributed by atoms with Gasteiger partial charge in [-0.25, -0.2) is 0 Å². The maximum Gasteiger partial charge on any atom is 0.258 e. The van der Waals surface area contributed by atoms with Crippen LogP contribution in [0.3, 0.4) is 0 Å². The Morgan fingerprint density at radius 1 is 1.15 bits per heavy atom. The standard InChI is InChI=1S/C18H15ClN4O4/c19-13-2-4-15(14(6-13)23-9-21-22-10-23)25-8-18(24)20-7-12-1-3-16-17(5-12)27-11-26-16/h1-6,9-10H,7-8,11H2,(H,20,24). The molecule has 2 heterocycles. The fourth-order valence-electron chi connectivity index (χ4n) is 2.59. The molecule has 1 aliphatic heterocycles. The van der Waals surface area contributed by atoms with Gasteiger partial charge in [0.25, 0.3) is 5.91 Å². The van der Waals surface area contributed by atoms with Crippen LogP contribution >= 0.6 is 11.6 Å². The molecule has 4 rings (SSSR count). The van der Waals surface area contributed by atoms with E-state index in [1.165, 1.54) is 12.7 Å². The molecule has 9 heteroatoms. The molecule has 2 aromatic carbocycles. The van der Waals surface area contributed by atoms with Crippen LogP contribution in [0.5, 0.6) is 17.2 Å². The van der Waals surface area contributed by atoms with Crippen molar-refractivity contribution in [2.45, 2.75) is 6.54 Å². The Balaban J connectivity index is 1.36. The number of nitrogens with one attached hydrogen (secondary N) is 1. The van der Waals surface area contributed by atoms with Gasteiger partial charge >= 0.3 is 0 Å². The van der Waals surface area contributed by atoms with Crippen molar-refractivity contribution < 1.29 is 19.0 Å². The molecule has 0 unspecified atom stereocenters. The second kappa shape index (κ2) is 7.55. The Hall–Kier alpha value is -3.26. The normalized spacial score (nSPS) is 12.0. The van der Waals surface area contributed by atoms with Gasteiger partial charge in [-0.05, 0) is 35.9 Å². The zero-order chi connectivity index (χ0) is 18.6. The molecule has 138 valence electrons. The topological polar surface area (TPSA) is 87.5 Å². The molecule has 8 nitrogen and oxygen atoms in total. The van der Waals surface area contributed by atoms with Crippen LogP contribution in [0.2, 0.25) is 5.02 Å². The maximum absolute atomic E-state index is 12.1. The van der Waals surface area contributed by atoms with E-state index in [1.807, 2.05) is 18.2 Å².